The molecule has 1 fully saturated rings. The smallest absolute Gasteiger partial charge is 0.257 e. The van der Waals surface area contributed by atoms with Crippen molar-refractivity contribution in [3.8, 4) is 11.4 Å². The summed E-state index contributed by atoms with van der Waals surface area (Å²) >= 11 is 0. The van der Waals surface area contributed by atoms with Crippen LogP contribution in [-0.2, 0) is 4.74 Å². The van der Waals surface area contributed by atoms with Gasteiger partial charge in [-0.2, -0.15) is 4.98 Å². The van der Waals surface area contributed by atoms with Crippen LogP contribution in [0, 0.1) is 0 Å². The number of fused-ring (bicyclic) bond motifs is 1. The number of nitrogens with zero attached hydrogens (tertiary/aromatic N) is 2. The van der Waals surface area contributed by atoms with Gasteiger partial charge in [-0.1, -0.05) is 47.6 Å². The van der Waals surface area contributed by atoms with E-state index in [0.717, 1.165) is 22.9 Å². The van der Waals surface area contributed by atoms with Crippen LogP contribution in [0.1, 0.15) is 12.0 Å². The van der Waals surface area contributed by atoms with Crippen molar-refractivity contribution in [3.05, 3.63) is 48.4 Å². The van der Waals surface area contributed by atoms with Gasteiger partial charge in [0.05, 0.1) is 6.61 Å². The molecule has 0 aliphatic carbocycles. The number of rotatable bonds is 2. The second-order valence-corrected chi connectivity index (χ2v) is 5.05. The van der Waals surface area contributed by atoms with Gasteiger partial charge >= 0.3 is 0 Å². The summed E-state index contributed by atoms with van der Waals surface area (Å²) < 4.78 is 11.0. The Hall–Kier alpha value is -1.95. The van der Waals surface area contributed by atoms with Crippen molar-refractivity contribution in [2.75, 3.05) is 19.7 Å². The van der Waals surface area contributed by atoms with Gasteiger partial charge in [0.15, 0.2) is 0 Å². The number of hydrogen-bond donors (Lipinski definition) is 1. The fourth-order valence-corrected chi connectivity index (χ4v) is 2.62. The largest absolute Gasteiger partial charge is 0.366 e. The molecule has 5 nitrogen and oxygen atoms in total. The molecule has 1 N–H and O–H groups in total. The molecule has 0 spiro atoms. The molecule has 3 aromatic rings. The molecule has 4 rings (SSSR count). The fraction of sp³-hybridized carbons (Fsp3) is 0.250. The number of hydrogen-bond acceptors (Lipinski definition) is 5. The summed E-state index contributed by atoms with van der Waals surface area (Å²) in [5, 5.41) is 9.66. The maximum Gasteiger partial charge on any atom is 0.257 e. The van der Waals surface area contributed by atoms with Gasteiger partial charge in [0.25, 0.3) is 5.89 Å². The quantitative estimate of drug-likeness (QED) is 0.787. The number of benzene rings is 2. The molecule has 114 valence electrons. The van der Waals surface area contributed by atoms with E-state index in [1.165, 1.54) is 0 Å². The zero-order chi connectivity index (χ0) is 14.1. The van der Waals surface area contributed by atoms with Gasteiger partial charge in [-0.3, -0.25) is 0 Å². The lowest BCUT2D eigenvalue weighted by molar-refractivity contribution is 0.00755. The molecule has 0 amide bonds. The van der Waals surface area contributed by atoms with Crippen LogP contribution in [0.15, 0.2) is 47.0 Å². The number of nitrogens with one attached hydrogen (secondary N) is 1. The zero-order valence-corrected chi connectivity index (χ0v) is 12.7. The zero-order valence-electron chi connectivity index (χ0n) is 11.9. The minimum absolute atomic E-state index is 0. The molecule has 2 heterocycles. The highest BCUT2D eigenvalue weighted by Gasteiger charge is 2.22. The summed E-state index contributed by atoms with van der Waals surface area (Å²) in [5.74, 6) is 1.14. The van der Waals surface area contributed by atoms with E-state index in [-0.39, 0.29) is 18.5 Å². The molecule has 0 unspecified atom stereocenters. The fourth-order valence-electron chi connectivity index (χ4n) is 2.62. The lowest BCUT2D eigenvalue weighted by Crippen LogP contribution is -2.33. The van der Waals surface area contributed by atoms with Crippen molar-refractivity contribution in [3.63, 3.8) is 0 Å². The van der Waals surface area contributed by atoms with Gasteiger partial charge in [0, 0.05) is 18.7 Å². The van der Waals surface area contributed by atoms with Crippen LogP contribution >= 0.6 is 12.4 Å². The number of halogens is 1. The van der Waals surface area contributed by atoms with Gasteiger partial charge in [-0.15, -0.1) is 12.4 Å². The summed E-state index contributed by atoms with van der Waals surface area (Å²) in [6.07, 6.45) is -0.157. The molecular weight excluding hydrogens is 302 g/mol. The highest BCUT2D eigenvalue weighted by Crippen LogP contribution is 2.28. The van der Waals surface area contributed by atoms with Crippen molar-refractivity contribution in [1.82, 2.24) is 15.5 Å². The third kappa shape index (κ3) is 2.70. The topological polar surface area (TPSA) is 60.2 Å². The highest BCUT2D eigenvalue weighted by molar-refractivity contribution is 5.94. The Bertz CT molecular complexity index is 763. The molecule has 2 aromatic carbocycles. The minimum Gasteiger partial charge on any atom is -0.366 e. The molecule has 1 aromatic heterocycles. The number of morpholine rings is 1. The molecule has 0 radical (unpaired) electrons. The van der Waals surface area contributed by atoms with Gasteiger partial charge < -0.3 is 14.6 Å². The molecule has 0 bridgehead atoms. The van der Waals surface area contributed by atoms with Gasteiger partial charge in [-0.25, -0.2) is 0 Å². The monoisotopic (exact) mass is 317 g/mol. The Morgan fingerprint density at radius 3 is 2.82 bits per heavy atom. The standard InChI is InChI=1S/C16H15N3O2.ClH/c1-2-6-12-11(4-1)5-3-7-13(12)15-18-16(21-19-15)14-10-17-8-9-20-14;/h1-7,14,17H,8-10H2;1H/t14-;/m0./s1. The third-order valence-corrected chi connectivity index (χ3v) is 3.68. The highest BCUT2D eigenvalue weighted by atomic mass is 35.5. The predicted molar refractivity (Wildman–Crippen MR) is 86.1 cm³/mol. The Kier molecular flexibility index (Phi) is 4.38. The first-order chi connectivity index (χ1) is 10.4. The average Bonchev–Trinajstić information content (AvgIpc) is 3.05. The lowest BCUT2D eigenvalue weighted by Gasteiger charge is -2.19. The van der Waals surface area contributed by atoms with E-state index in [1.54, 1.807) is 0 Å². The molecule has 1 aliphatic rings. The maximum atomic E-state index is 5.64. The van der Waals surface area contributed by atoms with E-state index in [4.69, 9.17) is 9.26 Å². The second kappa shape index (κ2) is 6.44. The summed E-state index contributed by atoms with van der Waals surface area (Å²) in [6.45, 7) is 2.23. The maximum absolute atomic E-state index is 5.64. The third-order valence-electron chi connectivity index (χ3n) is 3.68. The molecule has 1 atom stereocenters. The van der Waals surface area contributed by atoms with Crippen LogP contribution in [0.25, 0.3) is 22.2 Å². The van der Waals surface area contributed by atoms with Crippen LogP contribution in [0.5, 0.6) is 0 Å². The van der Waals surface area contributed by atoms with Crippen LogP contribution < -0.4 is 5.32 Å². The van der Waals surface area contributed by atoms with E-state index in [1.807, 2.05) is 24.3 Å². The van der Waals surface area contributed by atoms with Crippen molar-refractivity contribution < 1.29 is 9.26 Å². The first-order valence-corrected chi connectivity index (χ1v) is 7.06. The molecule has 0 saturated carbocycles. The van der Waals surface area contributed by atoms with Crippen LogP contribution in [0.2, 0.25) is 0 Å². The SMILES string of the molecule is Cl.c1ccc2c(-c3noc([C@@H]4CNCCO4)n3)cccc2c1. The predicted octanol–water partition coefficient (Wildman–Crippen LogP) is 2.97. The minimum atomic E-state index is -0.157. The van der Waals surface area contributed by atoms with Crippen molar-refractivity contribution in [2.24, 2.45) is 0 Å². The van der Waals surface area contributed by atoms with Crippen molar-refractivity contribution >= 4 is 23.2 Å². The van der Waals surface area contributed by atoms with Crippen molar-refractivity contribution in [1.29, 1.82) is 0 Å². The molecule has 1 saturated heterocycles. The first-order valence-electron chi connectivity index (χ1n) is 7.06. The van der Waals surface area contributed by atoms with Crippen LogP contribution in [0.4, 0.5) is 0 Å². The van der Waals surface area contributed by atoms with Crippen molar-refractivity contribution in [2.45, 2.75) is 6.10 Å². The van der Waals surface area contributed by atoms with E-state index < -0.39 is 0 Å². The molecular formula is C16H16ClN3O2. The average molecular weight is 318 g/mol. The normalized spacial score (nSPS) is 18.1. The van der Waals surface area contributed by atoms with Gasteiger partial charge in [-0.05, 0) is 10.8 Å². The number of ether oxygens (including phenoxy) is 1. The Balaban J connectivity index is 0.00000144. The summed E-state index contributed by atoms with van der Waals surface area (Å²) in [7, 11) is 0. The molecule has 6 heteroatoms. The molecule has 1 aliphatic heterocycles. The Labute approximate surface area is 134 Å². The number of aromatic nitrogens is 2. The van der Waals surface area contributed by atoms with E-state index >= 15 is 0 Å². The van der Waals surface area contributed by atoms with Gasteiger partial charge in [0.2, 0.25) is 5.82 Å². The summed E-state index contributed by atoms with van der Waals surface area (Å²) in [5.41, 5.74) is 0.979. The summed E-state index contributed by atoms with van der Waals surface area (Å²) in [4.78, 5) is 4.51. The molecule has 22 heavy (non-hydrogen) atoms. The van der Waals surface area contributed by atoms with E-state index in [9.17, 15) is 0 Å². The first kappa shape index (κ1) is 15.0. The summed E-state index contributed by atoms with van der Waals surface area (Å²) in [6, 6.07) is 14.3. The van der Waals surface area contributed by atoms with Crippen LogP contribution in [-0.4, -0.2) is 29.8 Å². The van der Waals surface area contributed by atoms with E-state index in [2.05, 4.69) is 33.7 Å². The lowest BCUT2D eigenvalue weighted by atomic mass is 10.0. The van der Waals surface area contributed by atoms with E-state index in [0.29, 0.717) is 24.9 Å². The van der Waals surface area contributed by atoms with Gasteiger partial charge in [0.1, 0.15) is 6.10 Å². The van der Waals surface area contributed by atoms with Crippen LogP contribution in [0.3, 0.4) is 0 Å². The second-order valence-electron chi connectivity index (χ2n) is 5.05. The Morgan fingerprint density at radius 1 is 1.09 bits per heavy atom. The Morgan fingerprint density at radius 2 is 1.95 bits per heavy atom.